The first kappa shape index (κ1) is 23.1. The summed E-state index contributed by atoms with van der Waals surface area (Å²) in [5.74, 6) is 0.196. The van der Waals surface area contributed by atoms with Gasteiger partial charge in [-0.05, 0) is 57.4 Å². The molecule has 0 saturated carbocycles. The van der Waals surface area contributed by atoms with Gasteiger partial charge < -0.3 is 19.5 Å². The minimum Gasteiger partial charge on any atom is -0.493 e. The maximum absolute atomic E-state index is 12.4. The first-order valence-corrected chi connectivity index (χ1v) is 10.5. The zero-order valence-corrected chi connectivity index (χ0v) is 19.2. The molecule has 0 aromatic heterocycles. The number of esters is 1. The molecule has 0 heterocycles. The van der Waals surface area contributed by atoms with E-state index in [1.807, 2.05) is 36.4 Å². The predicted molar refractivity (Wildman–Crippen MR) is 127 cm³/mol. The Morgan fingerprint density at radius 2 is 1.72 bits per heavy atom. The Morgan fingerprint density at radius 1 is 1.00 bits per heavy atom. The highest BCUT2D eigenvalue weighted by molar-refractivity contribution is 9.10. The first-order chi connectivity index (χ1) is 15.5. The molecule has 32 heavy (non-hydrogen) atoms. The van der Waals surface area contributed by atoms with Crippen molar-refractivity contribution in [2.45, 2.75) is 6.61 Å². The Hall–Kier alpha value is -3.58. The smallest absolute Gasteiger partial charge is 0.339 e. The van der Waals surface area contributed by atoms with E-state index in [0.29, 0.717) is 28.3 Å². The number of para-hydroxylation sites is 1. The van der Waals surface area contributed by atoms with E-state index in [1.54, 1.807) is 43.5 Å². The van der Waals surface area contributed by atoms with E-state index in [9.17, 15) is 9.59 Å². The topological polar surface area (TPSA) is 73.9 Å². The first-order valence-electron chi connectivity index (χ1n) is 9.72. The zero-order chi connectivity index (χ0) is 22.9. The Morgan fingerprint density at radius 3 is 2.44 bits per heavy atom. The summed E-state index contributed by atoms with van der Waals surface area (Å²) in [5.41, 5.74) is 2.42. The number of amides is 1. The molecule has 0 spiro atoms. The molecule has 1 amide bonds. The number of methoxy groups -OCH3 is 2. The number of anilines is 1. The van der Waals surface area contributed by atoms with Crippen LogP contribution in [-0.2, 0) is 16.1 Å². The molecular formula is C25H22BrNO5. The number of halogens is 1. The van der Waals surface area contributed by atoms with E-state index in [1.165, 1.54) is 13.2 Å². The van der Waals surface area contributed by atoms with Crippen molar-refractivity contribution in [3.05, 3.63) is 94.0 Å². The van der Waals surface area contributed by atoms with Crippen LogP contribution < -0.4 is 14.8 Å². The van der Waals surface area contributed by atoms with Crippen LogP contribution in [0.5, 0.6) is 11.5 Å². The lowest BCUT2D eigenvalue weighted by molar-refractivity contribution is -0.111. The fraction of sp³-hybridized carbons (Fsp3) is 0.120. The van der Waals surface area contributed by atoms with E-state index in [4.69, 9.17) is 14.2 Å². The molecule has 3 aromatic carbocycles. The molecule has 0 atom stereocenters. The molecule has 0 unspecified atom stereocenters. The highest BCUT2D eigenvalue weighted by atomic mass is 79.9. The van der Waals surface area contributed by atoms with Crippen LogP contribution in [0.15, 0.2) is 77.3 Å². The molecule has 0 aliphatic rings. The van der Waals surface area contributed by atoms with Crippen LogP contribution in [0.3, 0.4) is 0 Å². The van der Waals surface area contributed by atoms with Gasteiger partial charge in [-0.15, -0.1) is 0 Å². The second kappa shape index (κ2) is 11.2. The monoisotopic (exact) mass is 495 g/mol. The van der Waals surface area contributed by atoms with Gasteiger partial charge in [0.25, 0.3) is 0 Å². The van der Waals surface area contributed by atoms with Crippen LogP contribution >= 0.6 is 15.9 Å². The van der Waals surface area contributed by atoms with Crippen LogP contribution in [0, 0.1) is 0 Å². The van der Waals surface area contributed by atoms with Gasteiger partial charge >= 0.3 is 5.97 Å². The number of hydrogen-bond acceptors (Lipinski definition) is 5. The maximum Gasteiger partial charge on any atom is 0.339 e. The molecule has 0 aliphatic heterocycles. The van der Waals surface area contributed by atoms with Crippen molar-refractivity contribution >= 4 is 39.6 Å². The van der Waals surface area contributed by atoms with Crippen molar-refractivity contribution in [1.82, 2.24) is 0 Å². The lowest BCUT2D eigenvalue weighted by Gasteiger charge is -2.13. The molecule has 3 aromatic rings. The number of hydrogen-bond donors (Lipinski definition) is 1. The number of nitrogens with one attached hydrogen (secondary N) is 1. The summed E-state index contributed by atoms with van der Waals surface area (Å²) in [6, 6.07) is 20.1. The highest BCUT2D eigenvalue weighted by Crippen LogP contribution is 2.37. The number of rotatable bonds is 8. The maximum atomic E-state index is 12.4. The Kier molecular flexibility index (Phi) is 8.05. The van der Waals surface area contributed by atoms with Crippen molar-refractivity contribution in [2.75, 3.05) is 19.5 Å². The van der Waals surface area contributed by atoms with Gasteiger partial charge in [-0.1, -0.05) is 42.5 Å². The summed E-state index contributed by atoms with van der Waals surface area (Å²) in [5, 5.41) is 2.69. The fourth-order valence-corrected chi connectivity index (χ4v) is 3.51. The lowest BCUT2D eigenvalue weighted by atomic mass is 10.1. The summed E-state index contributed by atoms with van der Waals surface area (Å²) in [4.78, 5) is 24.3. The quantitative estimate of drug-likeness (QED) is 0.331. The van der Waals surface area contributed by atoms with Gasteiger partial charge in [-0.25, -0.2) is 4.79 Å². The molecule has 0 aliphatic carbocycles. The lowest BCUT2D eigenvalue weighted by Crippen LogP contribution is -2.12. The largest absolute Gasteiger partial charge is 0.493 e. The summed E-state index contributed by atoms with van der Waals surface area (Å²) in [6.45, 7) is 0.396. The molecule has 0 bridgehead atoms. The highest BCUT2D eigenvalue weighted by Gasteiger charge is 2.13. The molecule has 0 radical (unpaired) electrons. The van der Waals surface area contributed by atoms with Crippen LogP contribution in [0.4, 0.5) is 5.69 Å². The Balaban J connectivity index is 1.72. The normalized spacial score (nSPS) is 10.6. The number of carbonyl (C=O) groups excluding carboxylic acids is 2. The van der Waals surface area contributed by atoms with Crippen LogP contribution in [0.2, 0.25) is 0 Å². The SMILES string of the molecule is COC(=O)c1ccccc1NC(=O)C=Cc1cc(Br)c(OCc2ccccc2)c(OC)c1. The number of ether oxygens (including phenoxy) is 3. The molecule has 3 rings (SSSR count). The van der Waals surface area contributed by atoms with Crippen LogP contribution in [0.25, 0.3) is 6.08 Å². The molecule has 7 heteroatoms. The molecule has 6 nitrogen and oxygen atoms in total. The van der Waals surface area contributed by atoms with Crippen molar-refractivity contribution in [2.24, 2.45) is 0 Å². The van der Waals surface area contributed by atoms with Crippen molar-refractivity contribution in [3.8, 4) is 11.5 Å². The molecule has 0 fully saturated rings. The second-order valence-electron chi connectivity index (χ2n) is 6.67. The summed E-state index contributed by atoms with van der Waals surface area (Å²) < 4.78 is 16.8. The zero-order valence-electron chi connectivity index (χ0n) is 17.6. The average Bonchev–Trinajstić information content (AvgIpc) is 2.82. The van der Waals surface area contributed by atoms with Crippen molar-refractivity contribution < 1.29 is 23.8 Å². The van der Waals surface area contributed by atoms with Gasteiger partial charge in [0.15, 0.2) is 11.5 Å². The molecule has 1 N–H and O–H groups in total. The Labute approximate surface area is 194 Å². The van der Waals surface area contributed by atoms with Crippen molar-refractivity contribution in [3.63, 3.8) is 0 Å². The van der Waals surface area contributed by atoms with E-state index in [0.717, 1.165) is 11.1 Å². The van der Waals surface area contributed by atoms with Crippen LogP contribution in [0.1, 0.15) is 21.5 Å². The third kappa shape index (κ3) is 5.98. The van der Waals surface area contributed by atoms with Crippen LogP contribution in [-0.4, -0.2) is 26.1 Å². The van der Waals surface area contributed by atoms with Gasteiger partial charge in [0.1, 0.15) is 6.61 Å². The molecule has 0 saturated heterocycles. The van der Waals surface area contributed by atoms with E-state index in [-0.39, 0.29) is 11.5 Å². The third-order valence-electron chi connectivity index (χ3n) is 4.50. The summed E-state index contributed by atoms with van der Waals surface area (Å²) >= 11 is 3.52. The van der Waals surface area contributed by atoms with E-state index < -0.39 is 5.97 Å². The minimum atomic E-state index is -0.523. The standard InChI is InChI=1S/C25H22BrNO5/c1-30-22-15-18(14-20(26)24(22)32-16-17-8-4-3-5-9-17)12-13-23(28)27-21-11-7-6-10-19(21)25(29)31-2/h3-15H,16H2,1-2H3,(H,27,28). The number of carbonyl (C=O) groups is 2. The predicted octanol–water partition coefficient (Wildman–Crippen LogP) is 5.48. The van der Waals surface area contributed by atoms with E-state index in [2.05, 4.69) is 21.2 Å². The average molecular weight is 496 g/mol. The molecule has 164 valence electrons. The van der Waals surface area contributed by atoms with Crippen molar-refractivity contribution in [1.29, 1.82) is 0 Å². The molecular weight excluding hydrogens is 474 g/mol. The fourth-order valence-electron chi connectivity index (χ4n) is 2.93. The van der Waals surface area contributed by atoms with Gasteiger partial charge in [-0.2, -0.15) is 0 Å². The van der Waals surface area contributed by atoms with Gasteiger partial charge in [0, 0.05) is 6.08 Å². The number of benzene rings is 3. The second-order valence-corrected chi connectivity index (χ2v) is 7.52. The van der Waals surface area contributed by atoms with E-state index >= 15 is 0 Å². The Bertz CT molecular complexity index is 1130. The van der Waals surface area contributed by atoms with Gasteiger partial charge in [-0.3, -0.25) is 4.79 Å². The van der Waals surface area contributed by atoms with Gasteiger partial charge in [0.2, 0.25) is 5.91 Å². The summed E-state index contributed by atoms with van der Waals surface area (Å²) in [6.07, 6.45) is 3.02. The summed E-state index contributed by atoms with van der Waals surface area (Å²) in [7, 11) is 2.85. The van der Waals surface area contributed by atoms with Gasteiger partial charge in [0.05, 0.1) is 29.9 Å². The minimum absolute atomic E-state index is 0.279. The third-order valence-corrected chi connectivity index (χ3v) is 5.08.